The van der Waals surface area contributed by atoms with E-state index in [1.54, 1.807) is 6.21 Å². The van der Waals surface area contributed by atoms with E-state index in [1.165, 1.54) is 0 Å². The van der Waals surface area contributed by atoms with E-state index >= 15 is 0 Å². The third-order valence-corrected chi connectivity index (χ3v) is 2.73. The van der Waals surface area contributed by atoms with Crippen LogP contribution in [0.3, 0.4) is 0 Å². The molecule has 0 fully saturated rings. The summed E-state index contributed by atoms with van der Waals surface area (Å²) in [4.78, 5) is 0.751. The number of aryl methyl sites for hydroxylation is 1. The lowest BCUT2D eigenvalue weighted by molar-refractivity contribution is 0.607. The van der Waals surface area contributed by atoms with Crippen LogP contribution in [0.5, 0.6) is 0 Å². The average Bonchev–Trinajstić information content (AvgIpc) is 2.14. The second-order valence-electron chi connectivity index (χ2n) is 4.66. The summed E-state index contributed by atoms with van der Waals surface area (Å²) in [5, 5.41) is 0. The summed E-state index contributed by atoms with van der Waals surface area (Å²) >= 11 is 0. The molecule has 0 aliphatic carbocycles. The fourth-order valence-electron chi connectivity index (χ4n) is 0.922. The maximum atomic E-state index is 11.7. The van der Waals surface area contributed by atoms with E-state index in [2.05, 4.69) is 4.40 Å². The zero-order valence-corrected chi connectivity index (χ0v) is 10.5. The van der Waals surface area contributed by atoms with Gasteiger partial charge in [-0.1, -0.05) is 38.5 Å². The van der Waals surface area contributed by atoms with Crippen molar-refractivity contribution >= 4 is 17.2 Å². The fourth-order valence-corrected chi connectivity index (χ4v) is 1.82. The zero-order valence-electron chi connectivity index (χ0n) is 9.65. The Hall–Kier alpha value is -0.960. The number of benzene rings is 1. The van der Waals surface area contributed by atoms with Gasteiger partial charge in [0.05, 0.1) is 4.90 Å². The number of hydrogen-bond donors (Lipinski definition) is 0. The van der Waals surface area contributed by atoms with Crippen LogP contribution in [0.2, 0.25) is 0 Å². The summed E-state index contributed by atoms with van der Waals surface area (Å²) < 4.78 is 15.8. The summed E-state index contributed by atoms with van der Waals surface area (Å²) in [6.07, 6.45) is 1.74. The van der Waals surface area contributed by atoms with Crippen LogP contribution in [0.25, 0.3) is 0 Å². The highest BCUT2D eigenvalue weighted by Crippen LogP contribution is 2.12. The van der Waals surface area contributed by atoms with Crippen molar-refractivity contribution in [1.29, 1.82) is 0 Å². The molecule has 1 atom stereocenters. The molecule has 0 saturated carbocycles. The van der Waals surface area contributed by atoms with Crippen molar-refractivity contribution in [1.82, 2.24) is 0 Å². The highest BCUT2D eigenvalue weighted by molar-refractivity contribution is 7.83. The Bertz CT molecular complexity index is 374. The van der Waals surface area contributed by atoms with Gasteiger partial charge in [-0.25, -0.2) is 4.21 Å². The van der Waals surface area contributed by atoms with Gasteiger partial charge < -0.3 is 0 Å². The van der Waals surface area contributed by atoms with Gasteiger partial charge in [0, 0.05) is 6.21 Å². The van der Waals surface area contributed by atoms with E-state index in [4.69, 9.17) is 0 Å². The highest BCUT2D eigenvalue weighted by atomic mass is 32.2. The molecule has 0 bridgehead atoms. The Kier molecular flexibility index (Phi) is 3.80. The minimum atomic E-state index is -1.27. The van der Waals surface area contributed by atoms with Crippen LogP contribution in [0.15, 0.2) is 33.6 Å². The normalized spacial score (nSPS) is 14.4. The monoisotopic (exact) mass is 223 g/mol. The van der Waals surface area contributed by atoms with Gasteiger partial charge in [0.15, 0.2) is 11.0 Å². The summed E-state index contributed by atoms with van der Waals surface area (Å²) in [6, 6.07) is 7.59. The van der Waals surface area contributed by atoms with Crippen LogP contribution in [0.1, 0.15) is 26.3 Å². The molecule has 0 aliphatic heterocycles. The van der Waals surface area contributed by atoms with E-state index in [1.807, 2.05) is 52.0 Å². The molecule has 1 rings (SSSR count). The molecule has 15 heavy (non-hydrogen) atoms. The molecule has 0 radical (unpaired) electrons. The minimum absolute atomic E-state index is 0.0274. The SMILES string of the molecule is Cc1ccc([S@](=O)/N=C/C(C)(C)C)cc1. The average molecular weight is 223 g/mol. The second-order valence-corrected chi connectivity index (χ2v) is 5.84. The van der Waals surface area contributed by atoms with Gasteiger partial charge in [0.2, 0.25) is 0 Å². The van der Waals surface area contributed by atoms with Gasteiger partial charge in [-0.05, 0) is 24.5 Å². The third kappa shape index (κ3) is 4.38. The summed E-state index contributed by atoms with van der Waals surface area (Å²) in [7, 11) is -1.27. The van der Waals surface area contributed by atoms with E-state index in [-0.39, 0.29) is 5.41 Å². The van der Waals surface area contributed by atoms with Crippen LogP contribution < -0.4 is 0 Å². The molecular formula is C12H17NOS. The summed E-state index contributed by atoms with van der Waals surface area (Å²) in [5.74, 6) is 0. The topological polar surface area (TPSA) is 29.4 Å². The van der Waals surface area contributed by atoms with Crippen molar-refractivity contribution in [2.45, 2.75) is 32.6 Å². The Morgan fingerprint density at radius 2 is 1.73 bits per heavy atom. The van der Waals surface area contributed by atoms with Crippen LogP contribution in [0, 0.1) is 12.3 Å². The van der Waals surface area contributed by atoms with E-state index < -0.39 is 11.0 Å². The Morgan fingerprint density at radius 3 is 2.20 bits per heavy atom. The molecule has 0 unspecified atom stereocenters. The number of rotatable bonds is 2. The molecule has 0 heterocycles. The highest BCUT2D eigenvalue weighted by Gasteiger charge is 2.07. The van der Waals surface area contributed by atoms with E-state index in [0.717, 1.165) is 10.5 Å². The quantitative estimate of drug-likeness (QED) is 0.708. The van der Waals surface area contributed by atoms with Gasteiger partial charge in [-0.15, -0.1) is 0 Å². The number of hydrogen-bond acceptors (Lipinski definition) is 1. The molecule has 0 spiro atoms. The molecule has 0 N–H and O–H groups in total. The van der Waals surface area contributed by atoms with Crippen molar-refractivity contribution in [3.63, 3.8) is 0 Å². The lowest BCUT2D eigenvalue weighted by Crippen LogP contribution is -2.06. The first-order chi connectivity index (χ1) is 6.88. The zero-order chi connectivity index (χ0) is 11.5. The molecule has 2 nitrogen and oxygen atoms in total. The van der Waals surface area contributed by atoms with Crippen molar-refractivity contribution < 1.29 is 4.21 Å². The van der Waals surface area contributed by atoms with E-state index in [0.29, 0.717) is 0 Å². The molecule has 1 aromatic rings. The first-order valence-corrected chi connectivity index (χ1v) is 6.03. The largest absolute Gasteiger partial charge is 0.230 e. The van der Waals surface area contributed by atoms with Crippen LogP contribution in [0.4, 0.5) is 0 Å². The van der Waals surface area contributed by atoms with Gasteiger partial charge >= 0.3 is 0 Å². The van der Waals surface area contributed by atoms with Crippen molar-refractivity contribution in [2.24, 2.45) is 9.81 Å². The molecule has 1 aromatic carbocycles. The molecule has 82 valence electrons. The van der Waals surface area contributed by atoms with Crippen molar-refractivity contribution in [2.75, 3.05) is 0 Å². The maximum Gasteiger partial charge on any atom is 0.172 e. The molecule has 0 aliphatic rings. The molecule has 0 amide bonds. The van der Waals surface area contributed by atoms with Crippen LogP contribution in [-0.2, 0) is 11.0 Å². The Labute approximate surface area is 94.0 Å². The van der Waals surface area contributed by atoms with Crippen molar-refractivity contribution in [3.05, 3.63) is 29.8 Å². The molecule has 0 saturated heterocycles. The Morgan fingerprint density at radius 1 is 1.20 bits per heavy atom. The molecule has 3 heteroatoms. The summed E-state index contributed by atoms with van der Waals surface area (Å²) in [5.41, 5.74) is 1.14. The second kappa shape index (κ2) is 4.71. The van der Waals surface area contributed by atoms with Gasteiger partial charge in [-0.2, -0.15) is 4.40 Å². The van der Waals surface area contributed by atoms with E-state index in [9.17, 15) is 4.21 Å². The fraction of sp³-hybridized carbons (Fsp3) is 0.417. The lowest BCUT2D eigenvalue weighted by atomic mass is 10.00. The van der Waals surface area contributed by atoms with Gasteiger partial charge in [0.1, 0.15) is 0 Å². The molecule has 0 aromatic heterocycles. The predicted octanol–water partition coefficient (Wildman–Crippen LogP) is 3.13. The van der Waals surface area contributed by atoms with Gasteiger partial charge in [0.25, 0.3) is 0 Å². The number of nitrogens with zero attached hydrogens (tertiary/aromatic N) is 1. The van der Waals surface area contributed by atoms with Crippen molar-refractivity contribution in [3.8, 4) is 0 Å². The standard InChI is InChI=1S/C12H17NOS/c1-10-5-7-11(8-6-10)15(14)13-9-12(2,3)4/h5-9H,1-4H3/b13-9+/t15-/m0/s1. The predicted molar refractivity (Wildman–Crippen MR) is 65.5 cm³/mol. The Balaban J connectivity index is 2.78. The molecular weight excluding hydrogens is 206 g/mol. The minimum Gasteiger partial charge on any atom is -0.230 e. The smallest absolute Gasteiger partial charge is 0.172 e. The van der Waals surface area contributed by atoms with Crippen LogP contribution >= 0.6 is 0 Å². The third-order valence-electron chi connectivity index (χ3n) is 1.76. The first kappa shape index (κ1) is 12.1. The lowest BCUT2D eigenvalue weighted by Gasteiger charge is -2.09. The van der Waals surface area contributed by atoms with Gasteiger partial charge in [-0.3, -0.25) is 0 Å². The maximum absolute atomic E-state index is 11.7. The first-order valence-electron chi connectivity index (χ1n) is 4.92. The van der Waals surface area contributed by atoms with Crippen LogP contribution in [-0.4, -0.2) is 10.4 Å². The summed E-state index contributed by atoms with van der Waals surface area (Å²) in [6.45, 7) is 8.10.